The van der Waals surface area contributed by atoms with Crippen molar-refractivity contribution in [3.63, 3.8) is 0 Å². The lowest BCUT2D eigenvalue weighted by Gasteiger charge is -2.39. The molecule has 5 heterocycles. The van der Waals surface area contributed by atoms with Gasteiger partial charge in [0.05, 0.1) is 0 Å². The number of carbonyl (C=O) groups is 1. The van der Waals surface area contributed by atoms with Crippen LogP contribution in [-0.4, -0.2) is 50.9 Å². The third-order valence-corrected chi connectivity index (χ3v) is 8.02. The topological polar surface area (TPSA) is 62.2 Å². The van der Waals surface area contributed by atoms with Crippen molar-refractivity contribution in [2.24, 2.45) is 5.92 Å². The molecular weight excluding hydrogens is 422 g/mol. The number of nitrogens with zero attached hydrogens (tertiary/aromatic N) is 5. The smallest absolute Gasteiger partial charge is 0.273 e. The summed E-state index contributed by atoms with van der Waals surface area (Å²) >= 11 is 0. The Bertz CT molecular complexity index is 1190. The zero-order valence-corrected chi connectivity index (χ0v) is 20.0. The zero-order valence-electron chi connectivity index (χ0n) is 20.0. The maximum atomic E-state index is 13.7. The van der Waals surface area contributed by atoms with Gasteiger partial charge in [0.15, 0.2) is 0 Å². The number of carbonyl (C=O) groups excluding carboxylic acids is 1. The summed E-state index contributed by atoms with van der Waals surface area (Å²) < 4.78 is 0. The van der Waals surface area contributed by atoms with Crippen LogP contribution in [0.4, 0.5) is 5.95 Å². The Morgan fingerprint density at radius 1 is 1.00 bits per heavy atom. The van der Waals surface area contributed by atoms with E-state index in [9.17, 15) is 4.79 Å². The van der Waals surface area contributed by atoms with E-state index in [4.69, 9.17) is 4.98 Å². The first-order valence-corrected chi connectivity index (χ1v) is 12.9. The Hall–Kier alpha value is -3.02. The van der Waals surface area contributed by atoms with Crippen molar-refractivity contribution in [3.05, 3.63) is 59.7 Å². The minimum atomic E-state index is 0.0986. The van der Waals surface area contributed by atoms with Crippen LogP contribution in [0.1, 0.15) is 66.7 Å². The number of rotatable bonds is 4. The van der Waals surface area contributed by atoms with E-state index in [1.54, 1.807) is 0 Å². The summed E-state index contributed by atoms with van der Waals surface area (Å²) in [6.45, 7) is 3.94. The maximum absolute atomic E-state index is 13.7. The van der Waals surface area contributed by atoms with Crippen molar-refractivity contribution in [2.45, 2.75) is 70.4 Å². The summed E-state index contributed by atoms with van der Waals surface area (Å²) in [7, 11) is 0. The first kappa shape index (κ1) is 21.5. The second-order valence-electron chi connectivity index (χ2n) is 10.4. The number of hydrogen-bond donors (Lipinski definition) is 0. The van der Waals surface area contributed by atoms with E-state index < -0.39 is 0 Å². The molecule has 2 unspecified atom stereocenters. The Morgan fingerprint density at radius 2 is 1.76 bits per heavy atom. The molecule has 2 aromatic heterocycles. The number of anilines is 1. The van der Waals surface area contributed by atoms with E-state index in [1.807, 2.05) is 25.4 Å². The fourth-order valence-corrected chi connectivity index (χ4v) is 6.47. The predicted octanol–water partition coefficient (Wildman–Crippen LogP) is 4.95. The van der Waals surface area contributed by atoms with Crippen LogP contribution in [0.25, 0.3) is 10.8 Å². The van der Waals surface area contributed by atoms with E-state index in [0.717, 1.165) is 56.8 Å². The van der Waals surface area contributed by atoms with Crippen molar-refractivity contribution < 1.29 is 4.79 Å². The number of piperidine rings is 2. The van der Waals surface area contributed by atoms with Crippen LogP contribution in [0.2, 0.25) is 0 Å². The Labute approximate surface area is 201 Å². The fraction of sp³-hybridized carbons (Fsp3) is 0.500. The third-order valence-electron chi connectivity index (χ3n) is 8.02. The molecule has 2 atom stereocenters. The van der Waals surface area contributed by atoms with Crippen LogP contribution >= 0.6 is 0 Å². The molecule has 0 radical (unpaired) electrons. The van der Waals surface area contributed by atoms with E-state index in [-0.39, 0.29) is 5.91 Å². The summed E-state index contributed by atoms with van der Waals surface area (Å²) in [6.07, 6.45) is 13.0. The highest BCUT2D eigenvalue weighted by atomic mass is 16.2. The summed E-state index contributed by atoms with van der Waals surface area (Å²) in [5, 5.41) is 2.52. The average Bonchev–Trinajstić information content (AvgIpc) is 3.14. The normalized spacial score (nSPS) is 24.6. The number of benzene rings is 1. The van der Waals surface area contributed by atoms with Crippen molar-refractivity contribution >= 4 is 22.6 Å². The molecule has 1 aromatic carbocycles. The molecule has 0 N–H and O–H groups in total. The molecule has 2 bridgehead atoms. The quantitative estimate of drug-likeness (QED) is 0.557. The van der Waals surface area contributed by atoms with Gasteiger partial charge in [-0.25, -0.2) is 9.97 Å². The summed E-state index contributed by atoms with van der Waals surface area (Å²) in [6, 6.07) is 11.0. The average molecular weight is 456 g/mol. The molecule has 6 heteroatoms. The molecule has 6 rings (SSSR count). The molecule has 176 valence electrons. The van der Waals surface area contributed by atoms with Crippen LogP contribution in [0.5, 0.6) is 0 Å². The standard InChI is InChI=1S/C28H33N5O/c1-19-13-26(31-28(30-19)32-11-5-2-6-12-32)27(34)33-23-9-10-24(33)16-20(15-23)14-22-18-29-17-21-7-3-4-8-25(21)22/h3-4,7-8,13,17-18,20,23-24H,2,5-6,9-12,14-16H2,1H3. The highest BCUT2D eigenvalue weighted by Crippen LogP contribution is 2.41. The second-order valence-corrected chi connectivity index (χ2v) is 10.4. The third kappa shape index (κ3) is 4.04. The lowest BCUT2D eigenvalue weighted by molar-refractivity contribution is 0.0518. The van der Waals surface area contributed by atoms with E-state index in [1.165, 1.54) is 35.6 Å². The van der Waals surface area contributed by atoms with Gasteiger partial charge in [0.25, 0.3) is 5.91 Å². The summed E-state index contributed by atoms with van der Waals surface area (Å²) in [5.41, 5.74) is 2.78. The van der Waals surface area contributed by atoms with E-state index >= 15 is 0 Å². The lowest BCUT2D eigenvalue weighted by atomic mass is 9.85. The molecule has 3 aromatic rings. The number of aromatic nitrogens is 3. The second kappa shape index (κ2) is 8.97. The number of pyridine rings is 1. The van der Waals surface area contributed by atoms with E-state index in [2.05, 4.69) is 44.0 Å². The van der Waals surface area contributed by atoms with Crippen molar-refractivity contribution in [2.75, 3.05) is 18.0 Å². The van der Waals surface area contributed by atoms with E-state index in [0.29, 0.717) is 23.7 Å². The van der Waals surface area contributed by atoms with Gasteiger partial charge in [0, 0.05) is 48.6 Å². The molecule has 3 fully saturated rings. The molecule has 3 aliphatic rings. The lowest BCUT2D eigenvalue weighted by Crippen LogP contribution is -2.47. The molecule has 3 saturated heterocycles. The highest BCUT2D eigenvalue weighted by Gasteiger charge is 2.44. The molecular formula is C28H33N5O. The molecule has 0 spiro atoms. The molecule has 6 nitrogen and oxygen atoms in total. The number of amides is 1. The van der Waals surface area contributed by atoms with Crippen molar-refractivity contribution in [1.29, 1.82) is 0 Å². The van der Waals surface area contributed by atoms with Gasteiger partial charge in [-0.05, 0) is 81.2 Å². The SMILES string of the molecule is Cc1cc(C(=O)N2C3CCC2CC(Cc2cncc4ccccc24)C3)nc(N2CCCCC2)n1. The van der Waals surface area contributed by atoms with Crippen LogP contribution in [-0.2, 0) is 6.42 Å². The van der Waals surface area contributed by atoms with Crippen molar-refractivity contribution in [3.8, 4) is 0 Å². The predicted molar refractivity (Wildman–Crippen MR) is 134 cm³/mol. The molecule has 0 saturated carbocycles. The van der Waals surface area contributed by atoms with Gasteiger partial charge in [0.2, 0.25) is 5.95 Å². The van der Waals surface area contributed by atoms with Crippen LogP contribution in [0.3, 0.4) is 0 Å². The first-order valence-electron chi connectivity index (χ1n) is 12.9. The highest BCUT2D eigenvalue weighted by molar-refractivity contribution is 5.93. The molecule has 0 aliphatic carbocycles. The Kier molecular flexibility index (Phi) is 5.67. The fourth-order valence-electron chi connectivity index (χ4n) is 6.47. The van der Waals surface area contributed by atoms with Gasteiger partial charge in [-0.15, -0.1) is 0 Å². The number of hydrogen-bond acceptors (Lipinski definition) is 5. The van der Waals surface area contributed by atoms with Gasteiger partial charge in [-0.2, -0.15) is 0 Å². The van der Waals surface area contributed by atoms with Crippen LogP contribution < -0.4 is 4.90 Å². The van der Waals surface area contributed by atoms with Gasteiger partial charge >= 0.3 is 0 Å². The minimum absolute atomic E-state index is 0.0986. The number of fused-ring (bicyclic) bond motifs is 3. The van der Waals surface area contributed by atoms with Gasteiger partial charge in [-0.1, -0.05) is 24.3 Å². The number of aryl methyl sites for hydroxylation is 1. The van der Waals surface area contributed by atoms with Crippen molar-refractivity contribution in [1.82, 2.24) is 19.9 Å². The molecule has 1 amide bonds. The monoisotopic (exact) mass is 455 g/mol. The summed E-state index contributed by atoms with van der Waals surface area (Å²) in [5.74, 6) is 1.42. The first-order chi connectivity index (χ1) is 16.7. The molecule has 34 heavy (non-hydrogen) atoms. The largest absolute Gasteiger partial charge is 0.341 e. The van der Waals surface area contributed by atoms with Crippen LogP contribution in [0, 0.1) is 12.8 Å². The Balaban J connectivity index is 1.20. The Morgan fingerprint density at radius 3 is 2.56 bits per heavy atom. The van der Waals surface area contributed by atoms with Crippen LogP contribution in [0.15, 0.2) is 42.7 Å². The van der Waals surface area contributed by atoms with Gasteiger partial charge in [-0.3, -0.25) is 9.78 Å². The van der Waals surface area contributed by atoms with Gasteiger partial charge in [0.1, 0.15) is 5.69 Å². The minimum Gasteiger partial charge on any atom is -0.341 e. The summed E-state index contributed by atoms with van der Waals surface area (Å²) in [4.78, 5) is 32.0. The maximum Gasteiger partial charge on any atom is 0.273 e. The van der Waals surface area contributed by atoms with Gasteiger partial charge < -0.3 is 9.80 Å². The zero-order chi connectivity index (χ0) is 23.1. The molecule has 3 aliphatic heterocycles.